The van der Waals surface area contributed by atoms with E-state index in [2.05, 4.69) is 10.2 Å². The fourth-order valence-electron chi connectivity index (χ4n) is 1.85. The first-order chi connectivity index (χ1) is 9.95. The molecule has 4 nitrogen and oxygen atoms in total. The Labute approximate surface area is 131 Å². The molecule has 2 aromatic rings. The van der Waals surface area contributed by atoms with Crippen LogP contribution < -0.4 is 5.73 Å². The second kappa shape index (κ2) is 6.47. The fourth-order valence-corrected chi connectivity index (χ4v) is 2.18. The second-order valence-corrected chi connectivity index (χ2v) is 5.21. The first-order valence-corrected chi connectivity index (χ1v) is 6.98. The summed E-state index contributed by atoms with van der Waals surface area (Å²) >= 11 is 11.6. The maximum absolute atomic E-state index is 14.5. The Morgan fingerprint density at radius 2 is 2.00 bits per heavy atom. The molecule has 2 rings (SSSR count). The molecular weight excluding hydrogens is 316 g/mol. The van der Waals surface area contributed by atoms with Crippen LogP contribution in [-0.4, -0.2) is 16.0 Å². The molecule has 0 bridgehead atoms. The highest BCUT2D eigenvalue weighted by Gasteiger charge is 2.23. The van der Waals surface area contributed by atoms with E-state index in [9.17, 15) is 9.18 Å². The molecule has 2 N–H and O–H groups in total. The van der Waals surface area contributed by atoms with E-state index in [-0.39, 0.29) is 27.0 Å². The second-order valence-electron chi connectivity index (χ2n) is 4.41. The molecule has 0 spiro atoms. The highest BCUT2D eigenvalue weighted by molar-refractivity contribution is 6.35. The van der Waals surface area contributed by atoms with Crippen molar-refractivity contribution in [3.05, 3.63) is 57.1 Å². The lowest BCUT2D eigenvalue weighted by Crippen LogP contribution is -2.15. The molecule has 0 saturated carbocycles. The summed E-state index contributed by atoms with van der Waals surface area (Å²) in [6.07, 6.45) is 0.535. The van der Waals surface area contributed by atoms with Gasteiger partial charge < -0.3 is 5.73 Å². The van der Waals surface area contributed by atoms with Crippen LogP contribution in [0.1, 0.15) is 41.0 Å². The van der Waals surface area contributed by atoms with Crippen molar-refractivity contribution in [2.75, 3.05) is 0 Å². The van der Waals surface area contributed by atoms with Crippen LogP contribution in [-0.2, 0) is 0 Å². The maximum atomic E-state index is 14.5. The zero-order chi connectivity index (χ0) is 15.6. The Hall–Kier alpha value is -1.56. The van der Waals surface area contributed by atoms with E-state index in [1.54, 1.807) is 0 Å². The summed E-state index contributed by atoms with van der Waals surface area (Å²) in [6, 6.07) is 5.18. The number of carbonyl (C=O) groups excluding carboxylic acids is 1. The van der Waals surface area contributed by atoms with Gasteiger partial charge in [0.25, 0.3) is 0 Å². The van der Waals surface area contributed by atoms with E-state index in [1.807, 2.05) is 6.92 Å². The van der Waals surface area contributed by atoms with Gasteiger partial charge in [-0.15, -0.1) is 10.2 Å². The minimum absolute atomic E-state index is 0.00121. The predicted molar refractivity (Wildman–Crippen MR) is 79.1 cm³/mol. The van der Waals surface area contributed by atoms with Crippen molar-refractivity contribution in [2.45, 2.75) is 19.4 Å². The molecule has 1 aromatic carbocycles. The van der Waals surface area contributed by atoms with Crippen LogP contribution in [0, 0.1) is 5.82 Å². The molecule has 0 fully saturated rings. The molecule has 0 unspecified atom stereocenters. The predicted octanol–water partition coefficient (Wildman–Crippen LogP) is 3.56. The summed E-state index contributed by atoms with van der Waals surface area (Å²) in [7, 11) is 0. The van der Waals surface area contributed by atoms with Gasteiger partial charge in [0.2, 0.25) is 5.78 Å². The van der Waals surface area contributed by atoms with Crippen LogP contribution in [0.25, 0.3) is 0 Å². The van der Waals surface area contributed by atoms with Gasteiger partial charge in [0.05, 0.1) is 10.6 Å². The zero-order valence-corrected chi connectivity index (χ0v) is 12.6. The lowest BCUT2D eigenvalue weighted by Gasteiger charge is -2.13. The number of carbonyl (C=O) groups is 1. The first-order valence-electron chi connectivity index (χ1n) is 6.23. The molecule has 0 radical (unpaired) electrons. The SMILES string of the molecule is CC[C@@H](N)c1ccc(Cl)c(C(=O)c2ccc(Cl)nn2)c1F. The third kappa shape index (κ3) is 3.20. The van der Waals surface area contributed by atoms with Gasteiger partial charge in [0.1, 0.15) is 11.5 Å². The Morgan fingerprint density at radius 3 is 2.57 bits per heavy atom. The minimum atomic E-state index is -0.724. The van der Waals surface area contributed by atoms with E-state index < -0.39 is 17.6 Å². The van der Waals surface area contributed by atoms with Crippen LogP contribution in [0.3, 0.4) is 0 Å². The molecule has 1 heterocycles. The third-order valence-electron chi connectivity index (χ3n) is 3.05. The van der Waals surface area contributed by atoms with Crippen molar-refractivity contribution in [1.29, 1.82) is 0 Å². The number of ketones is 1. The van der Waals surface area contributed by atoms with Gasteiger partial charge >= 0.3 is 0 Å². The summed E-state index contributed by atoms with van der Waals surface area (Å²) in [5.41, 5.74) is 5.78. The average molecular weight is 328 g/mol. The summed E-state index contributed by atoms with van der Waals surface area (Å²) < 4.78 is 14.5. The van der Waals surface area contributed by atoms with Crippen LogP contribution in [0.2, 0.25) is 10.2 Å². The summed E-state index contributed by atoms with van der Waals surface area (Å²) in [4.78, 5) is 12.4. The number of nitrogens with zero attached hydrogens (tertiary/aromatic N) is 2. The smallest absolute Gasteiger partial charge is 0.217 e. The molecule has 0 saturated heterocycles. The topological polar surface area (TPSA) is 68.9 Å². The average Bonchev–Trinajstić information content (AvgIpc) is 2.47. The van der Waals surface area contributed by atoms with Crippen molar-refractivity contribution in [2.24, 2.45) is 5.73 Å². The molecule has 110 valence electrons. The lowest BCUT2D eigenvalue weighted by atomic mass is 9.98. The van der Waals surface area contributed by atoms with Gasteiger partial charge in [-0.05, 0) is 24.6 Å². The van der Waals surface area contributed by atoms with Crippen LogP contribution in [0.4, 0.5) is 4.39 Å². The quantitative estimate of drug-likeness (QED) is 0.871. The fraction of sp³-hybridized carbons (Fsp3) is 0.214. The number of benzene rings is 1. The van der Waals surface area contributed by atoms with E-state index >= 15 is 0 Å². The van der Waals surface area contributed by atoms with Gasteiger partial charge in [-0.2, -0.15) is 0 Å². The summed E-state index contributed by atoms with van der Waals surface area (Å²) in [6.45, 7) is 1.82. The van der Waals surface area contributed by atoms with Crippen molar-refractivity contribution in [3.63, 3.8) is 0 Å². The van der Waals surface area contributed by atoms with Crippen molar-refractivity contribution in [1.82, 2.24) is 10.2 Å². The number of aromatic nitrogens is 2. The molecule has 0 aliphatic rings. The van der Waals surface area contributed by atoms with Gasteiger partial charge in [0.15, 0.2) is 5.15 Å². The number of nitrogens with two attached hydrogens (primary N) is 1. The van der Waals surface area contributed by atoms with Gasteiger partial charge in [-0.25, -0.2) is 4.39 Å². The van der Waals surface area contributed by atoms with E-state index in [1.165, 1.54) is 24.3 Å². The van der Waals surface area contributed by atoms with Crippen molar-refractivity contribution in [3.8, 4) is 0 Å². The van der Waals surface area contributed by atoms with E-state index in [0.29, 0.717) is 6.42 Å². The highest BCUT2D eigenvalue weighted by Crippen LogP contribution is 2.28. The normalized spacial score (nSPS) is 12.2. The maximum Gasteiger partial charge on any atom is 0.217 e. The molecule has 1 atom stereocenters. The van der Waals surface area contributed by atoms with Gasteiger partial charge in [-0.3, -0.25) is 4.79 Å². The summed E-state index contributed by atoms with van der Waals surface area (Å²) in [5.74, 6) is -1.38. The largest absolute Gasteiger partial charge is 0.324 e. The van der Waals surface area contributed by atoms with E-state index in [4.69, 9.17) is 28.9 Å². The van der Waals surface area contributed by atoms with Gasteiger partial charge in [-0.1, -0.05) is 36.2 Å². The van der Waals surface area contributed by atoms with Crippen molar-refractivity contribution < 1.29 is 9.18 Å². The molecular formula is C14H12Cl2FN3O. The Balaban J connectivity index is 2.52. The molecule has 21 heavy (non-hydrogen) atoms. The molecule has 1 aromatic heterocycles. The minimum Gasteiger partial charge on any atom is -0.324 e. The zero-order valence-electron chi connectivity index (χ0n) is 11.1. The number of hydrogen-bond donors (Lipinski definition) is 1. The number of rotatable bonds is 4. The van der Waals surface area contributed by atoms with Crippen LogP contribution in [0.5, 0.6) is 0 Å². The Kier molecular flexibility index (Phi) is 4.88. The Bertz CT molecular complexity index is 677. The van der Waals surface area contributed by atoms with E-state index in [0.717, 1.165) is 0 Å². The van der Waals surface area contributed by atoms with Crippen LogP contribution >= 0.6 is 23.2 Å². The number of halogens is 3. The summed E-state index contributed by atoms with van der Waals surface area (Å²) in [5, 5.41) is 7.35. The monoisotopic (exact) mass is 327 g/mol. The first kappa shape index (κ1) is 15.8. The Morgan fingerprint density at radius 1 is 1.29 bits per heavy atom. The molecule has 7 heteroatoms. The van der Waals surface area contributed by atoms with Gasteiger partial charge in [0, 0.05) is 11.6 Å². The standard InChI is InChI=1S/C14H12Cl2FN3O/c1-2-9(18)7-3-4-8(15)12(13(7)17)14(21)10-5-6-11(16)20-19-10/h3-6,9H,2,18H2,1H3/t9-/m1/s1. The molecule has 0 aliphatic carbocycles. The number of hydrogen-bond acceptors (Lipinski definition) is 4. The molecule has 0 amide bonds. The highest BCUT2D eigenvalue weighted by atomic mass is 35.5. The van der Waals surface area contributed by atoms with Crippen LogP contribution in [0.15, 0.2) is 24.3 Å². The molecule has 0 aliphatic heterocycles. The third-order valence-corrected chi connectivity index (χ3v) is 3.57. The lowest BCUT2D eigenvalue weighted by molar-refractivity contribution is 0.102. The van der Waals surface area contributed by atoms with Crippen molar-refractivity contribution >= 4 is 29.0 Å².